The Morgan fingerprint density at radius 3 is 1.36 bits per heavy atom. The molecule has 3 heterocycles. The molecule has 0 saturated carbocycles. The third-order valence-corrected chi connectivity index (χ3v) is 19.4. The van der Waals surface area contributed by atoms with Gasteiger partial charge in [0.15, 0.2) is 8.07 Å². The first-order chi connectivity index (χ1) is 31.7. The van der Waals surface area contributed by atoms with Gasteiger partial charge in [0.05, 0.1) is 22.1 Å². The fourth-order valence-electron chi connectivity index (χ4n) is 10.7. The van der Waals surface area contributed by atoms with Gasteiger partial charge in [0.2, 0.25) is 0 Å². The molecular formula is C60H40N2SSi. The molecule has 0 N–H and O–H groups in total. The first-order valence-corrected chi connectivity index (χ1v) is 24.8. The first kappa shape index (κ1) is 36.9. The fourth-order valence-corrected chi connectivity index (χ4v) is 16.5. The smallest absolute Gasteiger partial charge is 0.179 e. The van der Waals surface area contributed by atoms with Crippen molar-refractivity contribution in [2.75, 3.05) is 0 Å². The monoisotopic (exact) mass is 848 g/mol. The zero-order valence-electron chi connectivity index (χ0n) is 34.9. The summed E-state index contributed by atoms with van der Waals surface area (Å²) in [6.45, 7) is 0. The number of rotatable bonds is 7. The highest BCUT2D eigenvalue weighted by atomic mass is 32.1. The highest BCUT2D eigenvalue weighted by molar-refractivity contribution is 7.25. The maximum absolute atomic E-state index is 2.77. The SMILES string of the molecule is c1ccc([Si](c2ccccc2)(c2ccccc2)c2cccc(-n3c4ccccc4c4ccc(-n5c6ccccc6c6ccc(-c7ccc8sc9ccccc9c8c7)cc65)cc43)c2)cc1. The summed E-state index contributed by atoms with van der Waals surface area (Å²) in [6.07, 6.45) is 0. The molecule has 3 aromatic heterocycles. The Bertz CT molecular complexity index is 3800. The minimum atomic E-state index is -2.77. The van der Waals surface area contributed by atoms with Gasteiger partial charge in [-0.1, -0.05) is 182 Å². The molecule has 0 aliphatic carbocycles. The van der Waals surface area contributed by atoms with Gasteiger partial charge in [-0.05, 0) is 92.5 Å². The predicted octanol–water partition coefficient (Wildman–Crippen LogP) is 13.3. The molecule has 2 nitrogen and oxygen atoms in total. The molecule has 0 saturated heterocycles. The lowest BCUT2D eigenvalue weighted by molar-refractivity contribution is 1.16. The molecule has 0 radical (unpaired) electrons. The van der Waals surface area contributed by atoms with E-state index < -0.39 is 8.07 Å². The summed E-state index contributed by atoms with van der Waals surface area (Å²) >= 11 is 1.87. The van der Waals surface area contributed by atoms with E-state index in [4.69, 9.17) is 0 Å². The molecule has 0 aliphatic rings. The normalized spacial score (nSPS) is 12.1. The summed E-state index contributed by atoms with van der Waals surface area (Å²) in [5.74, 6) is 0. The molecule has 0 amide bonds. The Hall–Kier alpha value is -7.76. The van der Waals surface area contributed by atoms with Crippen LogP contribution in [0.25, 0.3) is 86.3 Å². The van der Waals surface area contributed by atoms with Crippen molar-refractivity contribution in [1.82, 2.24) is 9.13 Å². The van der Waals surface area contributed by atoms with E-state index in [0.717, 1.165) is 11.4 Å². The van der Waals surface area contributed by atoms with Crippen LogP contribution in [0.3, 0.4) is 0 Å². The van der Waals surface area contributed by atoms with E-state index in [0.29, 0.717) is 0 Å². The van der Waals surface area contributed by atoms with Crippen molar-refractivity contribution >= 4 is 104 Å². The minimum absolute atomic E-state index is 1.14. The zero-order valence-corrected chi connectivity index (χ0v) is 36.7. The van der Waals surface area contributed by atoms with Gasteiger partial charge < -0.3 is 9.13 Å². The molecule has 0 bridgehead atoms. The van der Waals surface area contributed by atoms with E-state index in [9.17, 15) is 0 Å². The van der Waals surface area contributed by atoms with E-state index in [1.165, 1.54) is 95.7 Å². The van der Waals surface area contributed by atoms with E-state index >= 15 is 0 Å². The van der Waals surface area contributed by atoms with Crippen molar-refractivity contribution in [2.24, 2.45) is 0 Å². The molecule has 0 aliphatic heterocycles. The molecule has 300 valence electrons. The van der Waals surface area contributed by atoms with Crippen LogP contribution in [0.5, 0.6) is 0 Å². The van der Waals surface area contributed by atoms with Crippen LogP contribution in [0.2, 0.25) is 0 Å². The molecular weight excluding hydrogens is 809 g/mol. The first-order valence-electron chi connectivity index (χ1n) is 22.0. The van der Waals surface area contributed by atoms with Gasteiger partial charge in [0.25, 0.3) is 0 Å². The number of aromatic nitrogens is 2. The largest absolute Gasteiger partial charge is 0.309 e. The van der Waals surface area contributed by atoms with Crippen molar-refractivity contribution < 1.29 is 0 Å². The van der Waals surface area contributed by atoms with Crippen LogP contribution in [0, 0.1) is 0 Å². The van der Waals surface area contributed by atoms with Gasteiger partial charge in [0, 0.05) is 53.1 Å². The molecule has 0 atom stereocenters. The number of thiophene rings is 1. The van der Waals surface area contributed by atoms with Crippen LogP contribution in [0.15, 0.2) is 243 Å². The maximum atomic E-state index is 2.50. The Morgan fingerprint density at radius 2 is 0.719 bits per heavy atom. The summed E-state index contributed by atoms with van der Waals surface area (Å²) in [4.78, 5) is 0. The number of benzene rings is 10. The van der Waals surface area contributed by atoms with Crippen molar-refractivity contribution in [1.29, 1.82) is 0 Å². The number of hydrogen-bond acceptors (Lipinski definition) is 1. The van der Waals surface area contributed by atoms with E-state index in [2.05, 4.69) is 252 Å². The summed E-state index contributed by atoms with van der Waals surface area (Å²) in [5, 5.41) is 13.1. The average Bonchev–Trinajstić information content (AvgIpc) is 4.02. The molecule has 10 aromatic carbocycles. The lowest BCUT2D eigenvalue weighted by Gasteiger charge is -2.34. The molecule has 4 heteroatoms. The maximum Gasteiger partial charge on any atom is 0.179 e. The number of nitrogens with zero attached hydrogens (tertiary/aromatic N) is 2. The lowest BCUT2D eigenvalue weighted by Crippen LogP contribution is -2.74. The minimum Gasteiger partial charge on any atom is -0.309 e. The van der Waals surface area contributed by atoms with Crippen LogP contribution < -0.4 is 20.7 Å². The van der Waals surface area contributed by atoms with Crippen LogP contribution in [-0.4, -0.2) is 17.2 Å². The Labute approximate surface area is 376 Å². The predicted molar refractivity (Wildman–Crippen MR) is 277 cm³/mol. The highest BCUT2D eigenvalue weighted by Crippen LogP contribution is 2.40. The average molecular weight is 849 g/mol. The van der Waals surface area contributed by atoms with Crippen LogP contribution in [0.4, 0.5) is 0 Å². The molecule has 0 fully saturated rings. The van der Waals surface area contributed by atoms with Crippen LogP contribution >= 0.6 is 11.3 Å². The summed E-state index contributed by atoms with van der Waals surface area (Å²) < 4.78 is 7.62. The highest BCUT2D eigenvalue weighted by Gasteiger charge is 2.41. The van der Waals surface area contributed by atoms with Crippen molar-refractivity contribution in [2.45, 2.75) is 0 Å². The third-order valence-electron chi connectivity index (χ3n) is 13.5. The van der Waals surface area contributed by atoms with Crippen molar-refractivity contribution in [3.63, 3.8) is 0 Å². The number of para-hydroxylation sites is 2. The molecule has 0 unspecified atom stereocenters. The number of hydrogen-bond donors (Lipinski definition) is 0. The Balaban J connectivity index is 1.04. The molecule has 64 heavy (non-hydrogen) atoms. The topological polar surface area (TPSA) is 9.86 Å². The van der Waals surface area contributed by atoms with Gasteiger partial charge in [-0.3, -0.25) is 0 Å². The van der Waals surface area contributed by atoms with E-state index in [1.54, 1.807) is 0 Å². The van der Waals surface area contributed by atoms with E-state index in [1.807, 2.05) is 11.3 Å². The van der Waals surface area contributed by atoms with Crippen molar-refractivity contribution in [3.8, 4) is 22.5 Å². The lowest BCUT2D eigenvalue weighted by atomic mass is 10.0. The third kappa shape index (κ3) is 5.56. The molecule has 0 spiro atoms. The number of fused-ring (bicyclic) bond motifs is 9. The second-order valence-electron chi connectivity index (χ2n) is 16.8. The fraction of sp³-hybridized carbons (Fsp3) is 0. The van der Waals surface area contributed by atoms with Gasteiger partial charge in [-0.25, -0.2) is 0 Å². The quantitative estimate of drug-likeness (QED) is 0.112. The standard InChI is InChI=1S/C60H40N2SSi/c1-4-18-45(19-5-1)64(46-20-6-2-7-21-46,47-22-8-3-9-23-47)48-24-16-17-43(39-48)61-55-28-13-11-26-50(55)52-35-33-44(40-58(52)61)62-56-29-14-10-25-49(56)51-34-31-42(38-57(51)62)41-32-36-60-54(37-41)53-27-12-15-30-59(53)63-60/h1-40H. The van der Waals surface area contributed by atoms with Crippen molar-refractivity contribution in [3.05, 3.63) is 243 Å². The summed E-state index contributed by atoms with van der Waals surface area (Å²) in [7, 11) is -2.77. The van der Waals surface area contributed by atoms with E-state index in [-0.39, 0.29) is 0 Å². The van der Waals surface area contributed by atoms with Crippen LogP contribution in [-0.2, 0) is 0 Å². The molecule has 13 aromatic rings. The summed E-state index contributed by atoms with van der Waals surface area (Å²) in [5.41, 5.74) is 9.50. The van der Waals surface area contributed by atoms with Gasteiger partial charge in [-0.15, -0.1) is 11.3 Å². The second-order valence-corrected chi connectivity index (χ2v) is 21.7. The Morgan fingerprint density at radius 1 is 0.266 bits per heavy atom. The zero-order chi connectivity index (χ0) is 42.2. The van der Waals surface area contributed by atoms with Gasteiger partial charge >= 0.3 is 0 Å². The molecule has 13 rings (SSSR count). The van der Waals surface area contributed by atoms with Gasteiger partial charge in [-0.2, -0.15) is 0 Å². The van der Waals surface area contributed by atoms with Crippen LogP contribution in [0.1, 0.15) is 0 Å². The van der Waals surface area contributed by atoms with Gasteiger partial charge in [0.1, 0.15) is 0 Å². The summed E-state index contributed by atoms with van der Waals surface area (Å²) in [6, 6.07) is 90.6. The second kappa shape index (κ2) is 14.7. The Kier molecular flexibility index (Phi) is 8.45.